The first kappa shape index (κ1) is 35.5. The van der Waals surface area contributed by atoms with Gasteiger partial charge in [-0.25, -0.2) is 21.6 Å². The lowest BCUT2D eigenvalue weighted by Crippen LogP contribution is -2.26. The molecular weight excluding hydrogens is 696 g/mol. The van der Waals surface area contributed by atoms with Gasteiger partial charge in [-0.2, -0.15) is 26.3 Å². The molecule has 3 amide bonds. The molecule has 0 saturated heterocycles. The first-order valence-electron chi connectivity index (χ1n) is 13.0. The van der Waals surface area contributed by atoms with Crippen molar-refractivity contribution in [1.82, 2.24) is 10.3 Å². The van der Waals surface area contributed by atoms with Crippen LogP contribution in [0, 0.1) is 0 Å². The summed E-state index contributed by atoms with van der Waals surface area (Å²) in [6.07, 6.45) is 1.34. The van der Waals surface area contributed by atoms with Crippen LogP contribution in [-0.2, 0) is 19.7 Å². The molecule has 48 heavy (non-hydrogen) atoms. The number of benzene rings is 3. The quantitative estimate of drug-likeness (QED) is 0.131. The molecule has 0 aliphatic carbocycles. The second-order valence-electron chi connectivity index (χ2n) is 9.49. The molecule has 0 unspecified atom stereocenters. The van der Waals surface area contributed by atoms with Crippen molar-refractivity contribution in [2.24, 2.45) is 0 Å². The van der Waals surface area contributed by atoms with Gasteiger partial charge in [0.2, 0.25) is 0 Å². The number of nitrogen functional groups attached to an aromatic ring is 1. The fourth-order valence-corrected chi connectivity index (χ4v) is 6.10. The number of aromatic nitrogens is 1. The van der Waals surface area contributed by atoms with Gasteiger partial charge >= 0.3 is 17.0 Å². The zero-order valence-electron chi connectivity index (χ0n) is 24.0. The van der Waals surface area contributed by atoms with Crippen LogP contribution in [0.15, 0.2) is 88.8 Å². The molecule has 0 atom stereocenters. The van der Waals surface area contributed by atoms with E-state index in [0.29, 0.717) is 18.2 Å². The lowest BCUT2D eigenvalue weighted by Gasteiger charge is -2.19. The van der Waals surface area contributed by atoms with E-state index in [4.69, 9.17) is 10.5 Å². The largest absolute Gasteiger partial charge is 0.501 e. The number of nitrogens with zero attached hydrogens (tertiary/aromatic N) is 1. The summed E-state index contributed by atoms with van der Waals surface area (Å²) in [5.74, 6) is 0.0716. The third-order valence-corrected chi connectivity index (χ3v) is 9.35. The van der Waals surface area contributed by atoms with Crippen molar-refractivity contribution >= 4 is 48.7 Å². The first-order valence-corrected chi connectivity index (χ1v) is 15.9. The van der Waals surface area contributed by atoms with Gasteiger partial charge in [-0.1, -0.05) is 12.1 Å². The van der Waals surface area contributed by atoms with Gasteiger partial charge in [-0.3, -0.25) is 9.78 Å². The molecule has 254 valence electrons. The fourth-order valence-electron chi connectivity index (χ4n) is 4.10. The van der Waals surface area contributed by atoms with Crippen molar-refractivity contribution in [2.45, 2.75) is 20.8 Å². The summed E-state index contributed by atoms with van der Waals surface area (Å²) < 4.78 is 137. The van der Waals surface area contributed by atoms with E-state index >= 15 is 0 Å². The van der Waals surface area contributed by atoms with Crippen molar-refractivity contribution in [3.05, 3.63) is 84.7 Å². The Labute approximate surface area is 267 Å². The van der Waals surface area contributed by atoms with E-state index in [2.05, 4.69) is 20.9 Å². The smallest absolute Gasteiger partial charge is 0.457 e. The maximum absolute atomic E-state index is 13.7. The number of hydrogen-bond donors (Lipinski definition) is 4. The second-order valence-corrected chi connectivity index (χ2v) is 13.3. The van der Waals surface area contributed by atoms with Gasteiger partial charge in [0.1, 0.15) is 17.2 Å². The van der Waals surface area contributed by atoms with E-state index < -0.39 is 74.9 Å². The Bertz CT molecular complexity index is 2110. The number of carbonyl (C=O) groups excluding carboxylic acids is 2. The Morgan fingerprint density at radius 1 is 0.750 bits per heavy atom. The monoisotopic (exact) mass is 717 g/mol. The predicted molar refractivity (Wildman–Crippen MR) is 160 cm³/mol. The second kappa shape index (κ2) is 13.0. The van der Waals surface area contributed by atoms with Crippen molar-refractivity contribution in [1.29, 1.82) is 0 Å². The molecule has 1 heterocycles. The number of anilines is 3. The fraction of sp³-hybridized carbons (Fsp3) is 0.107. The zero-order valence-corrected chi connectivity index (χ0v) is 25.6. The summed E-state index contributed by atoms with van der Waals surface area (Å²) in [6, 6.07) is 11.1. The van der Waals surface area contributed by atoms with E-state index in [1.165, 1.54) is 49.6 Å². The maximum atomic E-state index is 13.7. The molecular formula is C28H21F6N5O7S2. The van der Waals surface area contributed by atoms with Crippen molar-refractivity contribution in [3.8, 4) is 22.6 Å². The highest BCUT2D eigenvalue weighted by atomic mass is 32.2. The van der Waals surface area contributed by atoms with Crippen LogP contribution in [0.3, 0.4) is 0 Å². The zero-order chi connectivity index (χ0) is 35.7. The van der Waals surface area contributed by atoms with Gasteiger partial charge in [-0.05, 0) is 54.6 Å². The van der Waals surface area contributed by atoms with Crippen LogP contribution in [0.5, 0.6) is 11.5 Å². The summed E-state index contributed by atoms with van der Waals surface area (Å²) in [6.45, 7) is 0. The molecule has 0 bridgehead atoms. The maximum Gasteiger partial charge on any atom is 0.501 e. The molecule has 20 heteroatoms. The van der Waals surface area contributed by atoms with Crippen LogP contribution in [-0.4, -0.2) is 51.8 Å². The normalized spacial score (nSPS) is 12.2. The molecule has 0 fully saturated rings. The number of pyridine rings is 1. The topological polar surface area (TPSA) is 187 Å². The Morgan fingerprint density at radius 2 is 1.33 bits per heavy atom. The number of halogens is 6. The SMILES string of the molecule is CNC(=O)c1cc(Oc2ccc(NC(=O)Nc3ccc(-c4c(N)cccc4S(=O)(=O)C(F)(F)F)c(S(=O)(=O)C(F)(F)F)c3)cc2)ccn1. The number of nitrogens with one attached hydrogen (secondary N) is 3. The van der Waals surface area contributed by atoms with Crippen molar-refractivity contribution < 1.29 is 57.5 Å². The number of amides is 3. The Kier molecular flexibility index (Phi) is 9.63. The van der Waals surface area contributed by atoms with Gasteiger partial charge in [0.15, 0.2) is 0 Å². The van der Waals surface area contributed by atoms with Gasteiger partial charge in [-0.15, -0.1) is 0 Å². The summed E-state index contributed by atoms with van der Waals surface area (Å²) in [4.78, 5) is 25.1. The van der Waals surface area contributed by atoms with Crippen molar-refractivity contribution in [3.63, 3.8) is 0 Å². The van der Waals surface area contributed by atoms with Crippen LogP contribution in [0.2, 0.25) is 0 Å². The van der Waals surface area contributed by atoms with E-state index in [0.717, 1.165) is 18.2 Å². The van der Waals surface area contributed by atoms with Crippen LogP contribution >= 0.6 is 0 Å². The van der Waals surface area contributed by atoms with E-state index in [-0.39, 0.29) is 22.9 Å². The molecule has 0 aliphatic rings. The van der Waals surface area contributed by atoms with Crippen LogP contribution in [0.4, 0.5) is 48.2 Å². The molecule has 12 nitrogen and oxygen atoms in total. The first-order chi connectivity index (χ1) is 22.3. The summed E-state index contributed by atoms with van der Waals surface area (Å²) in [5.41, 5.74) is -9.64. The number of ether oxygens (including phenoxy) is 1. The van der Waals surface area contributed by atoms with Crippen LogP contribution in [0.25, 0.3) is 11.1 Å². The average molecular weight is 718 g/mol. The molecule has 0 aliphatic heterocycles. The average Bonchev–Trinajstić information content (AvgIpc) is 3.00. The van der Waals surface area contributed by atoms with E-state index in [1.54, 1.807) is 0 Å². The molecule has 1 aromatic heterocycles. The van der Waals surface area contributed by atoms with Gasteiger partial charge in [0.05, 0.1) is 9.79 Å². The van der Waals surface area contributed by atoms with Gasteiger partial charge < -0.3 is 26.4 Å². The summed E-state index contributed by atoms with van der Waals surface area (Å²) >= 11 is 0. The Balaban J connectivity index is 1.64. The van der Waals surface area contributed by atoms with Crippen LogP contribution in [0.1, 0.15) is 10.5 Å². The third-order valence-electron chi connectivity index (χ3n) is 6.29. The number of nitrogens with two attached hydrogens (primary N) is 1. The number of carbonyl (C=O) groups is 2. The lowest BCUT2D eigenvalue weighted by atomic mass is 10.0. The van der Waals surface area contributed by atoms with E-state index in [1.807, 2.05) is 0 Å². The summed E-state index contributed by atoms with van der Waals surface area (Å²) in [5, 5.41) is 6.85. The van der Waals surface area contributed by atoms with Crippen LogP contribution < -0.4 is 26.4 Å². The standard InChI is InChI=1S/C28H21F6N5O7S2/c1-36-25(40)21-14-18(11-12-37-21)46-17-8-5-15(6-9-17)38-26(41)39-16-7-10-19(23(13-16)48(44,45)28(32,33)34)24-20(35)3-2-4-22(24)47(42,43)27(29,30)31/h2-14H,35H2,1H3,(H,36,40)(H2,38,39,41). The third kappa shape index (κ3) is 7.28. The number of urea groups is 1. The number of sulfone groups is 2. The minimum atomic E-state index is -6.37. The lowest BCUT2D eigenvalue weighted by molar-refractivity contribution is -0.0442. The Morgan fingerprint density at radius 3 is 1.94 bits per heavy atom. The molecule has 4 rings (SSSR count). The minimum absolute atomic E-state index is 0.0863. The van der Waals surface area contributed by atoms with Gasteiger partial charge in [0.25, 0.3) is 25.6 Å². The molecule has 5 N–H and O–H groups in total. The highest BCUT2D eigenvalue weighted by Gasteiger charge is 2.51. The Hall–Kier alpha value is -5.37. The summed E-state index contributed by atoms with van der Waals surface area (Å²) in [7, 11) is -11.2. The van der Waals surface area contributed by atoms with Gasteiger partial charge in [0, 0.05) is 47.5 Å². The van der Waals surface area contributed by atoms with Crippen molar-refractivity contribution in [2.75, 3.05) is 23.4 Å². The number of hydrogen-bond acceptors (Lipinski definition) is 9. The highest BCUT2D eigenvalue weighted by Crippen LogP contribution is 2.44. The number of alkyl halides is 6. The highest BCUT2D eigenvalue weighted by molar-refractivity contribution is 7.93. The molecule has 0 spiro atoms. The molecule has 0 saturated carbocycles. The van der Waals surface area contributed by atoms with E-state index in [9.17, 15) is 52.8 Å². The molecule has 3 aromatic carbocycles. The minimum Gasteiger partial charge on any atom is -0.457 e. The molecule has 4 aromatic rings. The number of rotatable bonds is 8. The predicted octanol–water partition coefficient (Wildman–Crippen LogP) is 5.71. The molecule has 0 radical (unpaired) electrons.